The van der Waals surface area contributed by atoms with Crippen LogP contribution in [0.5, 0.6) is 5.75 Å². The molecule has 1 saturated heterocycles. The number of anilines is 1. The van der Waals surface area contributed by atoms with Gasteiger partial charge in [-0.2, -0.15) is 0 Å². The molecule has 2 aliphatic rings. The molecule has 1 spiro atoms. The third kappa shape index (κ3) is 6.27. The van der Waals surface area contributed by atoms with Crippen molar-refractivity contribution in [1.29, 1.82) is 0 Å². The van der Waals surface area contributed by atoms with Crippen molar-refractivity contribution in [3.05, 3.63) is 64.9 Å². The molecule has 1 fully saturated rings. The Morgan fingerprint density at radius 3 is 2.58 bits per heavy atom. The average molecular weight is 655 g/mol. The molecule has 0 saturated carbocycles. The van der Waals surface area contributed by atoms with E-state index in [1.165, 1.54) is 12.3 Å². The van der Waals surface area contributed by atoms with E-state index in [1.54, 1.807) is 11.8 Å². The van der Waals surface area contributed by atoms with Gasteiger partial charge in [-0.05, 0) is 55.1 Å². The topological polar surface area (TPSA) is 116 Å². The zero-order valence-corrected chi connectivity index (χ0v) is 28.4. The number of hydrogen-bond donors (Lipinski definition) is 1. The summed E-state index contributed by atoms with van der Waals surface area (Å²) < 4.78 is 19.2. The van der Waals surface area contributed by atoms with E-state index in [4.69, 9.17) is 25.8 Å². The number of amides is 1. The molecule has 1 amide bonds. The number of nitrogens with zero attached hydrogens (tertiary/aromatic N) is 4. The largest absolute Gasteiger partial charge is 0.497 e. The van der Waals surface area contributed by atoms with Gasteiger partial charge in [0.15, 0.2) is 5.60 Å². The zero-order chi connectivity index (χ0) is 32.4. The van der Waals surface area contributed by atoms with E-state index in [-0.39, 0.29) is 36.0 Å². The Hall–Kier alpha value is -3.25. The number of unbranched alkanes of at least 4 members (excludes halogenated alkanes) is 1. The molecule has 1 N–H and O–H groups in total. The van der Waals surface area contributed by atoms with Crippen LogP contribution in [0.15, 0.2) is 48.7 Å². The van der Waals surface area contributed by atoms with E-state index in [0.29, 0.717) is 50.2 Å². The summed E-state index contributed by atoms with van der Waals surface area (Å²) in [5, 5.41) is 19.6. The minimum absolute atomic E-state index is 0.0114. The van der Waals surface area contributed by atoms with Crippen LogP contribution in [-0.2, 0) is 37.6 Å². The summed E-state index contributed by atoms with van der Waals surface area (Å²) in [7, 11) is 0.751. The van der Waals surface area contributed by atoms with Crippen LogP contribution < -0.4 is 14.8 Å². The lowest BCUT2D eigenvalue weighted by atomic mass is 9.82. The molecule has 0 bridgehead atoms. The quantitative estimate of drug-likeness (QED) is 0.163. The molecule has 12 heteroatoms. The van der Waals surface area contributed by atoms with Crippen LogP contribution in [0.25, 0.3) is 0 Å². The van der Waals surface area contributed by atoms with Gasteiger partial charge >= 0.3 is 5.97 Å². The Morgan fingerprint density at radius 1 is 1.13 bits per heavy atom. The lowest BCUT2D eigenvalue weighted by molar-refractivity contribution is -0.146. The van der Waals surface area contributed by atoms with Gasteiger partial charge in [0.1, 0.15) is 5.75 Å². The summed E-state index contributed by atoms with van der Waals surface area (Å²) in [6.07, 6.45) is 4.26. The number of fused-ring (bicyclic) bond motifs is 2. The smallest absolute Gasteiger partial charge is 0.305 e. The van der Waals surface area contributed by atoms with Gasteiger partial charge < -0.3 is 24.2 Å². The average Bonchev–Trinajstić information content (AvgIpc) is 3.68. The van der Waals surface area contributed by atoms with Gasteiger partial charge in [-0.25, -0.2) is 0 Å². The van der Waals surface area contributed by atoms with Gasteiger partial charge in [-0.3, -0.25) is 14.3 Å². The summed E-state index contributed by atoms with van der Waals surface area (Å²) in [6, 6.07) is 13.9. The van der Waals surface area contributed by atoms with E-state index in [2.05, 4.69) is 42.5 Å². The molecule has 2 aromatic carbocycles. The summed E-state index contributed by atoms with van der Waals surface area (Å²) >= 11 is 6.59. The van der Waals surface area contributed by atoms with Crippen molar-refractivity contribution < 1.29 is 28.9 Å². The Labute approximate surface area is 270 Å². The molecular weight excluding hydrogens is 612 g/mol. The number of halogens is 1. The third-order valence-electron chi connectivity index (χ3n) is 9.63. The number of carbonyl (C=O) groups excluding carboxylic acids is 2. The maximum Gasteiger partial charge on any atom is 0.305 e. The second-order valence-electron chi connectivity index (χ2n) is 12.5. The normalized spacial score (nSPS) is 22.7. The fourth-order valence-corrected chi connectivity index (χ4v) is 11.6. The van der Waals surface area contributed by atoms with Crippen molar-refractivity contribution in [1.82, 2.24) is 15.0 Å². The molecule has 3 heterocycles. The second-order valence-corrected chi connectivity index (χ2v) is 17.7. The van der Waals surface area contributed by atoms with Crippen molar-refractivity contribution in [3.63, 3.8) is 0 Å². The highest BCUT2D eigenvalue weighted by Gasteiger charge is 2.66. The van der Waals surface area contributed by atoms with E-state index < -0.39 is 13.7 Å². The first-order chi connectivity index (χ1) is 21.6. The first kappa shape index (κ1) is 33.1. The lowest BCUT2D eigenvalue weighted by Gasteiger charge is -2.37. The van der Waals surface area contributed by atoms with Crippen molar-refractivity contribution in [2.45, 2.75) is 75.9 Å². The summed E-state index contributed by atoms with van der Waals surface area (Å²) in [6.45, 7) is 7.89. The number of methoxy groups -OCH3 is 2. The number of benzene rings is 2. The van der Waals surface area contributed by atoms with E-state index in [0.717, 1.165) is 22.7 Å². The Kier molecular flexibility index (Phi) is 10.0. The lowest BCUT2D eigenvalue weighted by Crippen LogP contribution is -2.52. The maximum absolute atomic E-state index is 14.7. The van der Waals surface area contributed by atoms with Crippen LogP contribution in [0.2, 0.25) is 23.7 Å². The summed E-state index contributed by atoms with van der Waals surface area (Å²) in [5.41, 5.74) is 1.22. The van der Waals surface area contributed by atoms with Gasteiger partial charge in [0.05, 0.1) is 39.8 Å². The van der Waals surface area contributed by atoms with Crippen LogP contribution >= 0.6 is 11.6 Å². The van der Waals surface area contributed by atoms with Crippen molar-refractivity contribution in [3.8, 4) is 5.75 Å². The number of hydrogen-bond acceptors (Lipinski definition) is 8. The SMILES string of the molecule is COC(=O)CCCCN1C(=O)[C@@]2(O[C@@H](CCn3cc(CCO)nn3)[C@H]([Si](C)(C)c3ccc(OC)cc3)[C@H]2C)c2cc(Cl)ccc21. The Balaban J connectivity index is 1.51. The van der Waals surface area contributed by atoms with Crippen LogP contribution in [0.1, 0.15) is 43.9 Å². The van der Waals surface area contributed by atoms with Gasteiger partial charge in [0, 0.05) is 55.2 Å². The van der Waals surface area contributed by atoms with Gasteiger partial charge in [-0.15, -0.1) is 5.10 Å². The minimum Gasteiger partial charge on any atom is -0.497 e. The number of aromatic nitrogens is 3. The van der Waals surface area contributed by atoms with Crippen molar-refractivity contribution >= 4 is 42.4 Å². The van der Waals surface area contributed by atoms with Gasteiger partial charge in [-0.1, -0.05) is 54.2 Å². The highest BCUT2D eigenvalue weighted by Crippen LogP contribution is 2.60. The number of carbonyl (C=O) groups is 2. The Morgan fingerprint density at radius 2 is 1.89 bits per heavy atom. The van der Waals surface area contributed by atoms with E-state index in [1.807, 2.05) is 41.4 Å². The molecule has 3 aromatic rings. The molecule has 10 nitrogen and oxygen atoms in total. The van der Waals surface area contributed by atoms with Crippen LogP contribution in [-0.4, -0.2) is 73.5 Å². The summed E-state index contributed by atoms with van der Waals surface area (Å²) in [5.74, 6) is 0.307. The standard InChI is InChI=1S/C33H43ClN4O6Si/c1-22-31(45(4,5)26-12-10-25(42-2)11-13-26)29(15-18-37-21-24(16-19-39)35-36-37)44-33(22)27-20-23(34)9-14-28(27)38(32(33)41)17-7-6-8-30(40)43-3/h9-14,20-22,29,31,39H,6-8,15-19H2,1-5H3/t22-,29+,31-,33+/m1/s1. The van der Waals surface area contributed by atoms with E-state index in [9.17, 15) is 14.7 Å². The highest BCUT2D eigenvalue weighted by molar-refractivity contribution is 6.91. The molecule has 2 aliphatic heterocycles. The van der Waals surface area contributed by atoms with Gasteiger partial charge in [0.2, 0.25) is 0 Å². The van der Waals surface area contributed by atoms with Crippen molar-refractivity contribution in [2.75, 3.05) is 32.3 Å². The van der Waals surface area contributed by atoms with Crippen LogP contribution in [0.4, 0.5) is 5.69 Å². The molecule has 0 unspecified atom stereocenters. The molecular formula is C33H43ClN4O6Si. The number of aliphatic hydroxyl groups is 1. The van der Waals surface area contributed by atoms with Crippen LogP contribution in [0.3, 0.4) is 0 Å². The number of rotatable bonds is 13. The molecule has 45 heavy (non-hydrogen) atoms. The predicted molar refractivity (Wildman–Crippen MR) is 175 cm³/mol. The van der Waals surface area contributed by atoms with E-state index >= 15 is 0 Å². The number of ether oxygens (including phenoxy) is 3. The highest BCUT2D eigenvalue weighted by atomic mass is 35.5. The van der Waals surface area contributed by atoms with Crippen molar-refractivity contribution in [2.24, 2.45) is 5.92 Å². The number of aliphatic hydroxyl groups excluding tert-OH is 1. The summed E-state index contributed by atoms with van der Waals surface area (Å²) in [4.78, 5) is 28.2. The maximum atomic E-state index is 14.7. The molecule has 5 rings (SSSR count). The fourth-order valence-electron chi connectivity index (χ4n) is 7.36. The fraction of sp³-hybridized carbons (Fsp3) is 0.515. The molecule has 0 radical (unpaired) electrons. The van der Waals surface area contributed by atoms with Crippen LogP contribution in [0, 0.1) is 5.92 Å². The zero-order valence-electron chi connectivity index (χ0n) is 26.7. The number of esters is 1. The molecule has 1 aromatic heterocycles. The molecule has 4 atom stereocenters. The molecule has 242 valence electrons. The predicted octanol–water partition coefficient (Wildman–Crippen LogP) is 4.47. The number of aryl methyl sites for hydroxylation is 1. The third-order valence-corrected chi connectivity index (χ3v) is 14.2. The second kappa shape index (κ2) is 13.6. The molecule has 0 aliphatic carbocycles. The first-order valence-corrected chi connectivity index (χ1v) is 19.0. The first-order valence-electron chi connectivity index (χ1n) is 15.6. The van der Waals surface area contributed by atoms with Gasteiger partial charge in [0.25, 0.3) is 5.91 Å². The monoisotopic (exact) mass is 654 g/mol. The Bertz CT molecular complexity index is 1520. The minimum atomic E-state index is -2.30.